The first-order valence-electron chi connectivity index (χ1n) is 8.61. The summed E-state index contributed by atoms with van der Waals surface area (Å²) in [6.07, 6.45) is 1.73. The number of halogens is 3. The van der Waals surface area contributed by atoms with Gasteiger partial charge in [0.1, 0.15) is 0 Å². The molecule has 26 heavy (non-hydrogen) atoms. The Morgan fingerprint density at radius 1 is 1.00 bits per heavy atom. The molecule has 0 radical (unpaired) electrons. The molecule has 2 heterocycles. The molecule has 0 amide bonds. The summed E-state index contributed by atoms with van der Waals surface area (Å²) in [5.41, 5.74) is 4.98. The Labute approximate surface area is 155 Å². The number of rotatable bonds is 3. The lowest BCUT2D eigenvalue weighted by Gasteiger charge is -2.11. The molecule has 0 aliphatic carbocycles. The zero-order chi connectivity index (χ0) is 18.1. The summed E-state index contributed by atoms with van der Waals surface area (Å²) in [6.45, 7) is 2.16. The van der Waals surface area contributed by atoms with Crippen molar-refractivity contribution in [2.45, 2.75) is 19.4 Å². The van der Waals surface area contributed by atoms with Crippen LogP contribution < -0.4 is 5.32 Å². The fourth-order valence-electron chi connectivity index (χ4n) is 3.41. The van der Waals surface area contributed by atoms with Crippen LogP contribution in [0.25, 0.3) is 11.3 Å². The lowest BCUT2D eigenvalue weighted by Crippen LogP contribution is -2.17. The van der Waals surface area contributed by atoms with Gasteiger partial charge in [0.25, 0.3) is 0 Å². The molecule has 0 saturated carbocycles. The number of benzene rings is 2. The Morgan fingerprint density at radius 2 is 1.77 bits per heavy atom. The van der Waals surface area contributed by atoms with Gasteiger partial charge in [-0.15, -0.1) is 0 Å². The highest BCUT2D eigenvalue weighted by molar-refractivity contribution is 6.30. The number of hydrogen-bond acceptors (Lipinski definition) is 2. The third kappa shape index (κ3) is 3.37. The monoisotopic (exact) mass is 373 g/mol. The van der Waals surface area contributed by atoms with Crippen molar-refractivity contribution >= 4 is 11.6 Å². The molecule has 6 heteroatoms. The molecule has 0 fully saturated rings. The van der Waals surface area contributed by atoms with E-state index in [0.717, 1.165) is 48.9 Å². The summed E-state index contributed by atoms with van der Waals surface area (Å²) in [5, 5.41) is 8.85. The van der Waals surface area contributed by atoms with Gasteiger partial charge in [-0.1, -0.05) is 29.8 Å². The Bertz CT molecular complexity index is 935. The van der Waals surface area contributed by atoms with E-state index < -0.39 is 11.6 Å². The SMILES string of the molecule is Fc1ccc(Cn2nc3c(c2-c2ccc(Cl)cc2)CCNCC3)cc1F. The van der Waals surface area contributed by atoms with Gasteiger partial charge in [-0.25, -0.2) is 8.78 Å². The fraction of sp³-hybridized carbons (Fsp3) is 0.250. The van der Waals surface area contributed by atoms with Gasteiger partial charge in [0, 0.05) is 29.1 Å². The summed E-state index contributed by atoms with van der Waals surface area (Å²) in [4.78, 5) is 0. The molecule has 1 aliphatic heterocycles. The van der Waals surface area contributed by atoms with E-state index in [2.05, 4.69) is 5.32 Å². The van der Waals surface area contributed by atoms with Crippen LogP contribution in [0.5, 0.6) is 0 Å². The molecule has 0 saturated heterocycles. The molecule has 1 N–H and O–H groups in total. The molecule has 0 unspecified atom stereocenters. The van der Waals surface area contributed by atoms with Crippen molar-refractivity contribution in [3.8, 4) is 11.3 Å². The topological polar surface area (TPSA) is 29.9 Å². The van der Waals surface area contributed by atoms with Crippen molar-refractivity contribution in [1.82, 2.24) is 15.1 Å². The minimum absolute atomic E-state index is 0.385. The molecule has 2 aromatic carbocycles. The molecule has 0 bridgehead atoms. The standard InChI is InChI=1S/C20H18ClF2N3/c21-15-4-2-14(3-5-15)20-16-7-9-24-10-8-19(16)25-26(20)12-13-1-6-17(22)18(23)11-13/h1-6,11,24H,7-10,12H2. The second-order valence-corrected chi connectivity index (χ2v) is 6.87. The number of nitrogens with zero attached hydrogens (tertiary/aromatic N) is 2. The molecule has 4 rings (SSSR count). The average Bonchev–Trinajstić information content (AvgIpc) is 2.80. The minimum Gasteiger partial charge on any atom is -0.316 e. The lowest BCUT2D eigenvalue weighted by molar-refractivity contribution is 0.505. The van der Waals surface area contributed by atoms with Gasteiger partial charge in [0.05, 0.1) is 17.9 Å². The quantitative estimate of drug-likeness (QED) is 0.745. The van der Waals surface area contributed by atoms with E-state index in [9.17, 15) is 8.78 Å². The maximum Gasteiger partial charge on any atom is 0.159 e. The van der Waals surface area contributed by atoms with Gasteiger partial charge in [0.2, 0.25) is 0 Å². The Hall–Kier alpha value is -2.24. The van der Waals surface area contributed by atoms with Gasteiger partial charge >= 0.3 is 0 Å². The summed E-state index contributed by atoms with van der Waals surface area (Å²) < 4.78 is 28.7. The number of nitrogens with one attached hydrogen (secondary N) is 1. The number of hydrogen-bond donors (Lipinski definition) is 1. The van der Waals surface area contributed by atoms with Crippen LogP contribution in [0.3, 0.4) is 0 Å². The van der Waals surface area contributed by atoms with Crippen molar-refractivity contribution in [3.63, 3.8) is 0 Å². The van der Waals surface area contributed by atoms with E-state index in [-0.39, 0.29) is 0 Å². The van der Waals surface area contributed by atoms with Crippen LogP contribution in [-0.4, -0.2) is 22.9 Å². The third-order valence-corrected chi connectivity index (χ3v) is 4.91. The molecule has 134 valence electrons. The Morgan fingerprint density at radius 3 is 2.54 bits per heavy atom. The average molecular weight is 374 g/mol. The number of fused-ring (bicyclic) bond motifs is 1. The van der Waals surface area contributed by atoms with Crippen molar-refractivity contribution < 1.29 is 8.78 Å². The van der Waals surface area contributed by atoms with Crippen LogP contribution >= 0.6 is 11.6 Å². The largest absolute Gasteiger partial charge is 0.316 e. The summed E-state index contributed by atoms with van der Waals surface area (Å²) in [7, 11) is 0. The van der Waals surface area contributed by atoms with E-state index in [4.69, 9.17) is 16.7 Å². The van der Waals surface area contributed by atoms with E-state index >= 15 is 0 Å². The summed E-state index contributed by atoms with van der Waals surface area (Å²) in [5.74, 6) is -1.68. The maximum atomic E-state index is 13.6. The molecular formula is C20H18ClF2N3. The van der Waals surface area contributed by atoms with Crippen LogP contribution in [0, 0.1) is 11.6 Å². The maximum absolute atomic E-state index is 13.6. The van der Waals surface area contributed by atoms with Crippen LogP contribution in [0.15, 0.2) is 42.5 Å². The highest BCUT2D eigenvalue weighted by Gasteiger charge is 2.21. The Balaban J connectivity index is 1.80. The van der Waals surface area contributed by atoms with E-state index in [1.165, 1.54) is 11.6 Å². The van der Waals surface area contributed by atoms with Gasteiger partial charge in [-0.2, -0.15) is 5.10 Å². The van der Waals surface area contributed by atoms with E-state index in [1.807, 2.05) is 28.9 Å². The highest BCUT2D eigenvalue weighted by Crippen LogP contribution is 2.30. The van der Waals surface area contributed by atoms with Gasteiger partial charge < -0.3 is 5.32 Å². The van der Waals surface area contributed by atoms with Gasteiger partial charge in [-0.3, -0.25) is 4.68 Å². The predicted octanol–water partition coefficient (Wildman–Crippen LogP) is 4.22. The zero-order valence-electron chi connectivity index (χ0n) is 14.1. The van der Waals surface area contributed by atoms with Gasteiger partial charge in [-0.05, 0) is 42.8 Å². The predicted molar refractivity (Wildman–Crippen MR) is 98.4 cm³/mol. The zero-order valence-corrected chi connectivity index (χ0v) is 14.9. The second kappa shape index (κ2) is 7.17. The van der Waals surface area contributed by atoms with Gasteiger partial charge in [0.15, 0.2) is 11.6 Å². The highest BCUT2D eigenvalue weighted by atomic mass is 35.5. The molecule has 1 aliphatic rings. The smallest absolute Gasteiger partial charge is 0.159 e. The normalized spacial score (nSPS) is 14.1. The summed E-state index contributed by atoms with van der Waals surface area (Å²) in [6, 6.07) is 11.6. The molecule has 3 nitrogen and oxygen atoms in total. The molecule has 3 aromatic rings. The van der Waals surface area contributed by atoms with E-state index in [1.54, 1.807) is 6.07 Å². The van der Waals surface area contributed by atoms with Crippen molar-refractivity contribution in [2.75, 3.05) is 13.1 Å². The van der Waals surface area contributed by atoms with Crippen LogP contribution in [0.1, 0.15) is 16.8 Å². The number of aromatic nitrogens is 2. The van der Waals surface area contributed by atoms with Crippen molar-refractivity contribution in [2.24, 2.45) is 0 Å². The summed E-state index contributed by atoms with van der Waals surface area (Å²) >= 11 is 6.03. The molecular weight excluding hydrogens is 356 g/mol. The van der Waals surface area contributed by atoms with Crippen LogP contribution in [0.2, 0.25) is 5.02 Å². The first-order valence-corrected chi connectivity index (χ1v) is 8.99. The Kier molecular flexibility index (Phi) is 4.74. The van der Waals surface area contributed by atoms with E-state index in [0.29, 0.717) is 17.1 Å². The van der Waals surface area contributed by atoms with Crippen molar-refractivity contribution in [3.05, 3.63) is 75.9 Å². The first-order chi connectivity index (χ1) is 12.6. The van der Waals surface area contributed by atoms with Crippen LogP contribution in [0.4, 0.5) is 8.78 Å². The lowest BCUT2D eigenvalue weighted by atomic mass is 10.0. The third-order valence-electron chi connectivity index (χ3n) is 4.66. The molecule has 0 spiro atoms. The molecule has 1 aromatic heterocycles. The minimum atomic E-state index is -0.839. The molecule has 0 atom stereocenters. The first kappa shape index (κ1) is 17.2. The fourth-order valence-corrected chi connectivity index (χ4v) is 3.54. The van der Waals surface area contributed by atoms with Crippen molar-refractivity contribution in [1.29, 1.82) is 0 Å². The van der Waals surface area contributed by atoms with Crippen LogP contribution in [-0.2, 0) is 19.4 Å². The second-order valence-electron chi connectivity index (χ2n) is 6.44.